The zero-order chi connectivity index (χ0) is 15.0. The molecule has 0 aliphatic heterocycles. The Morgan fingerprint density at radius 3 is 2.85 bits per heavy atom. The molecular weight excluding hydrogens is 252 g/mol. The Kier molecular flexibility index (Phi) is 6.51. The highest BCUT2D eigenvalue weighted by Crippen LogP contribution is 2.36. The number of carboxylic acids is 1. The SMILES string of the molecule is CCCCCCC(C=O)CC1(C)C=C=C=C(C(=O)O)C1. The predicted octanol–water partition coefficient (Wildman–Crippen LogP) is 3.89. The summed E-state index contributed by atoms with van der Waals surface area (Å²) < 4.78 is 0. The summed E-state index contributed by atoms with van der Waals surface area (Å²) in [6.07, 6.45) is 9.50. The van der Waals surface area contributed by atoms with Crippen molar-refractivity contribution in [3.05, 3.63) is 23.1 Å². The molecule has 0 aromatic heterocycles. The van der Waals surface area contributed by atoms with Crippen molar-refractivity contribution < 1.29 is 14.7 Å². The first-order valence-electron chi connectivity index (χ1n) is 7.41. The Balaban J connectivity index is 2.56. The van der Waals surface area contributed by atoms with E-state index in [9.17, 15) is 9.59 Å². The van der Waals surface area contributed by atoms with Crippen LogP contribution < -0.4 is 0 Å². The third kappa shape index (κ3) is 5.21. The predicted molar refractivity (Wildman–Crippen MR) is 78.4 cm³/mol. The highest BCUT2D eigenvalue weighted by molar-refractivity contribution is 5.86. The molecule has 0 aromatic rings. The van der Waals surface area contributed by atoms with Crippen molar-refractivity contribution in [3.8, 4) is 0 Å². The number of carboxylic acid groups (broad SMARTS) is 1. The minimum absolute atomic E-state index is 0.00283. The molecule has 1 aliphatic carbocycles. The molecule has 1 N–H and O–H groups in total. The van der Waals surface area contributed by atoms with E-state index >= 15 is 0 Å². The van der Waals surface area contributed by atoms with Crippen LogP contribution >= 0.6 is 0 Å². The standard InChI is InChI=1S/C17H24O3/c1-3-4-5-6-8-14(13-18)11-17(2)10-7-9-15(12-17)16(19)20/h10,13-14H,3-6,8,11-12H2,1-2H3,(H,19,20). The van der Waals surface area contributed by atoms with Gasteiger partial charge in [0.15, 0.2) is 0 Å². The second-order valence-electron chi connectivity index (χ2n) is 5.98. The minimum Gasteiger partial charge on any atom is -0.477 e. The highest BCUT2D eigenvalue weighted by Gasteiger charge is 2.30. The average molecular weight is 276 g/mol. The third-order valence-electron chi connectivity index (χ3n) is 3.83. The number of rotatable bonds is 9. The van der Waals surface area contributed by atoms with Crippen LogP contribution in [0, 0.1) is 11.3 Å². The Labute approximate surface area is 121 Å². The maximum absolute atomic E-state index is 11.2. The second kappa shape index (κ2) is 7.89. The lowest BCUT2D eigenvalue weighted by Crippen LogP contribution is -2.23. The quantitative estimate of drug-likeness (QED) is 0.395. The van der Waals surface area contributed by atoms with Crippen molar-refractivity contribution in [1.29, 1.82) is 0 Å². The Morgan fingerprint density at radius 1 is 1.50 bits per heavy atom. The summed E-state index contributed by atoms with van der Waals surface area (Å²) in [5, 5.41) is 9.04. The maximum Gasteiger partial charge on any atom is 0.340 e. The molecule has 20 heavy (non-hydrogen) atoms. The van der Waals surface area contributed by atoms with E-state index in [1.54, 1.807) is 0 Å². The molecule has 0 radical (unpaired) electrons. The van der Waals surface area contributed by atoms with Gasteiger partial charge in [-0.05, 0) is 30.8 Å². The van der Waals surface area contributed by atoms with E-state index in [0.717, 1.165) is 25.5 Å². The van der Waals surface area contributed by atoms with Crippen LogP contribution in [0.3, 0.4) is 0 Å². The lowest BCUT2D eigenvalue weighted by molar-refractivity contribution is -0.133. The largest absolute Gasteiger partial charge is 0.477 e. The first-order chi connectivity index (χ1) is 9.50. The fraction of sp³-hybridized carbons (Fsp3) is 0.647. The molecule has 0 bridgehead atoms. The zero-order valence-electron chi connectivity index (χ0n) is 12.4. The van der Waals surface area contributed by atoms with Crippen molar-refractivity contribution in [2.24, 2.45) is 11.3 Å². The van der Waals surface area contributed by atoms with E-state index in [2.05, 4.69) is 18.4 Å². The summed E-state index contributed by atoms with van der Waals surface area (Å²) >= 11 is 0. The van der Waals surface area contributed by atoms with Crippen LogP contribution in [0.5, 0.6) is 0 Å². The van der Waals surface area contributed by atoms with E-state index in [0.29, 0.717) is 12.8 Å². The first-order valence-corrected chi connectivity index (χ1v) is 7.41. The van der Waals surface area contributed by atoms with Gasteiger partial charge in [0, 0.05) is 5.92 Å². The molecule has 110 valence electrons. The van der Waals surface area contributed by atoms with Gasteiger partial charge >= 0.3 is 5.97 Å². The summed E-state index contributed by atoms with van der Waals surface area (Å²) in [7, 11) is 0. The average Bonchev–Trinajstić information content (AvgIpc) is 2.42. The van der Waals surface area contributed by atoms with E-state index < -0.39 is 5.97 Å². The fourth-order valence-electron chi connectivity index (χ4n) is 2.71. The molecule has 0 heterocycles. The summed E-state index contributed by atoms with van der Waals surface area (Å²) in [5.41, 5.74) is 5.41. The van der Waals surface area contributed by atoms with Gasteiger partial charge in [-0.3, -0.25) is 0 Å². The van der Waals surface area contributed by atoms with Crippen LogP contribution in [-0.4, -0.2) is 17.4 Å². The summed E-state index contributed by atoms with van der Waals surface area (Å²) in [6, 6.07) is 0. The van der Waals surface area contributed by atoms with Crippen LogP contribution in [0.4, 0.5) is 0 Å². The van der Waals surface area contributed by atoms with Gasteiger partial charge < -0.3 is 9.90 Å². The smallest absolute Gasteiger partial charge is 0.340 e. The molecule has 0 aromatic carbocycles. The van der Waals surface area contributed by atoms with E-state index in [-0.39, 0.29) is 16.9 Å². The van der Waals surface area contributed by atoms with Gasteiger partial charge in [-0.2, -0.15) is 0 Å². The number of carbonyl (C=O) groups excluding carboxylic acids is 1. The van der Waals surface area contributed by atoms with Gasteiger partial charge in [0.05, 0.1) is 5.57 Å². The number of allylic oxidation sites excluding steroid dienone is 1. The summed E-state index contributed by atoms with van der Waals surface area (Å²) in [6.45, 7) is 4.16. The van der Waals surface area contributed by atoms with Crippen molar-refractivity contribution in [3.63, 3.8) is 0 Å². The first kappa shape index (κ1) is 16.5. The van der Waals surface area contributed by atoms with Crippen molar-refractivity contribution >= 4 is 12.3 Å². The molecule has 1 rings (SSSR count). The van der Waals surface area contributed by atoms with Gasteiger partial charge in [0.1, 0.15) is 6.29 Å². The number of hydrogen-bond donors (Lipinski definition) is 1. The van der Waals surface area contributed by atoms with Gasteiger partial charge in [0.2, 0.25) is 0 Å². The number of carbonyl (C=O) groups is 2. The van der Waals surface area contributed by atoms with Gasteiger partial charge in [-0.15, -0.1) is 0 Å². The monoisotopic (exact) mass is 276 g/mol. The molecule has 0 saturated heterocycles. The van der Waals surface area contributed by atoms with Crippen LogP contribution in [0.15, 0.2) is 23.1 Å². The Morgan fingerprint density at radius 2 is 2.25 bits per heavy atom. The molecule has 0 saturated carbocycles. The number of aliphatic carboxylic acids is 1. The highest BCUT2D eigenvalue weighted by atomic mass is 16.4. The van der Waals surface area contributed by atoms with E-state index in [1.165, 1.54) is 12.8 Å². The molecule has 0 spiro atoms. The zero-order valence-corrected chi connectivity index (χ0v) is 12.4. The van der Waals surface area contributed by atoms with Gasteiger partial charge in [-0.25, -0.2) is 4.79 Å². The normalized spacial score (nSPS) is 22.4. The van der Waals surface area contributed by atoms with Gasteiger partial charge in [0.25, 0.3) is 0 Å². The number of hydrogen-bond acceptors (Lipinski definition) is 2. The molecule has 2 atom stereocenters. The molecule has 2 unspecified atom stereocenters. The Hall–Kier alpha value is -1.56. The maximum atomic E-state index is 11.2. The van der Waals surface area contributed by atoms with E-state index in [1.807, 2.05) is 13.0 Å². The lowest BCUT2D eigenvalue weighted by Gasteiger charge is -2.28. The van der Waals surface area contributed by atoms with Crippen LogP contribution in [-0.2, 0) is 9.59 Å². The van der Waals surface area contributed by atoms with Crippen LogP contribution in [0.2, 0.25) is 0 Å². The number of unbranched alkanes of at least 4 members (excludes halogenated alkanes) is 3. The molecule has 0 amide bonds. The minimum atomic E-state index is -0.942. The van der Waals surface area contributed by atoms with E-state index in [4.69, 9.17) is 5.11 Å². The molecule has 1 aliphatic rings. The van der Waals surface area contributed by atoms with Crippen molar-refractivity contribution in [2.45, 2.75) is 58.8 Å². The third-order valence-corrected chi connectivity index (χ3v) is 3.83. The van der Waals surface area contributed by atoms with Crippen LogP contribution in [0.1, 0.15) is 58.8 Å². The van der Waals surface area contributed by atoms with Crippen LogP contribution in [0.25, 0.3) is 0 Å². The molecule has 0 fully saturated rings. The lowest BCUT2D eigenvalue weighted by atomic mass is 9.74. The fourth-order valence-corrected chi connectivity index (χ4v) is 2.71. The molecular formula is C17H24O3. The number of aldehydes is 1. The van der Waals surface area contributed by atoms with Crippen molar-refractivity contribution in [1.82, 2.24) is 0 Å². The van der Waals surface area contributed by atoms with Gasteiger partial charge in [-0.1, -0.05) is 51.0 Å². The second-order valence-corrected chi connectivity index (χ2v) is 5.98. The summed E-state index contributed by atoms with van der Waals surface area (Å²) in [4.78, 5) is 22.2. The Bertz CT molecular complexity index is 451. The van der Waals surface area contributed by atoms with Crippen molar-refractivity contribution in [2.75, 3.05) is 0 Å². The molecule has 3 heteroatoms. The topological polar surface area (TPSA) is 54.4 Å². The summed E-state index contributed by atoms with van der Waals surface area (Å²) in [5.74, 6) is -0.939. The molecule has 3 nitrogen and oxygen atoms in total.